The SMILES string of the molecule is CC1(C)C(=O)Nc2cc(Nc3nc4c(N5CCCC(=O)NC(=O)C5)nccn4n3)ccc21. The lowest BCUT2D eigenvalue weighted by atomic mass is 9.86. The Hall–Kier alpha value is -4.02. The second-order valence-corrected chi connectivity index (χ2v) is 8.42. The fourth-order valence-electron chi connectivity index (χ4n) is 4.00. The molecule has 11 nitrogen and oxygen atoms in total. The summed E-state index contributed by atoms with van der Waals surface area (Å²) in [7, 11) is 0. The number of nitrogens with one attached hydrogen (secondary N) is 3. The van der Waals surface area contributed by atoms with Crippen molar-refractivity contribution in [3.63, 3.8) is 0 Å². The van der Waals surface area contributed by atoms with Crippen LogP contribution in [0.1, 0.15) is 32.3 Å². The van der Waals surface area contributed by atoms with Crippen molar-refractivity contribution in [2.75, 3.05) is 28.6 Å². The molecule has 2 aliphatic heterocycles. The van der Waals surface area contributed by atoms with Gasteiger partial charge in [0.05, 0.1) is 12.0 Å². The maximum absolute atomic E-state index is 12.2. The third kappa shape index (κ3) is 3.41. The van der Waals surface area contributed by atoms with Gasteiger partial charge in [0.25, 0.3) is 0 Å². The molecule has 32 heavy (non-hydrogen) atoms. The molecule has 0 bridgehead atoms. The monoisotopic (exact) mass is 434 g/mol. The Labute approximate surface area is 183 Å². The maximum atomic E-state index is 12.2. The molecule has 0 atom stereocenters. The quantitative estimate of drug-likeness (QED) is 0.526. The molecule has 2 aromatic heterocycles. The fourth-order valence-corrected chi connectivity index (χ4v) is 4.00. The van der Waals surface area contributed by atoms with Crippen LogP contribution >= 0.6 is 0 Å². The second kappa shape index (κ2) is 7.29. The molecule has 0 spiro atoms. The highest BCUT2D eigenvalue weighted by Crippen LogP contribution is 2.38. The van der Waals surface area contributed by atoms with Crippen LogP contribution in [0, 0.1) is 0 Å². The predicted molar refractivity (Wildman–Crippen MR) is 117 cm³/mol. The van der Waals surface area contributed by atoms with Crippen LogP contribution in [-0.4, -0.2) is 50.4 Å². The van der Waals surface area contributed by atoms with Gasteiger partial charge in [-0.3, -0.25) is 19.7 Å². The Morgan fingerprint density at radius 3 is 2.81 bits per heavy atom. The molecule has 3 amide bonds. The first kappa shape index (κ1) is 19.9. The van der Waals surface area contributed by atoms with Gasteiger partial charge in [-0.05, 0) is 38.0 Å². The van der Waals surface area contributed by atoms with Gasteiger partial charge >= 0.3 is 0 Å². The third-order valence-electron chi connectivity index (χ3n) is 5.75. The van der Waals surface area contributed by atoms with Crippen LogP contribution in [0.15, 0.2) is 30.6 Å². The summed E-state index contributed by atoms with van der Waals surface area (Å²) in [6.07, 6.45) is 4.14. The number of fused-ring (bicyclic) bond motifs is 2. The molecular weight excluding hydrogens is 412 g/mol. The molecule has 1 fully saturated rings. The van der Waals surface area contributed by atoms with Crippen LogP contribution in [0.4, 0.5) is 23.1 Å². The van der Waals surface area contributed by atoms with Crippen LogP contribution in [0.25, 0.3) is 5.65 Å². The van der Waals surface area contributed by atoms with E-state index in [-0.39, 0.29) is 30.7 Å². The van der Waals surface area contributed by atoms with Gasteiger partial charge in [-0.25, -0.2) is 9.50 Å². The summed E-state index contributed by atoms with van der Waals surface area (Å²) in [5.74, 6) is 0.198. The van der Waals surface area contributed by atoms with Crippen molar-refractivity contribution in [1.29, 1.82) is 0 Å². The van der Waals surface area contributed by atoms with Crippen molar-refractivity contribution in [1.82, 2.24) is 24.9 Å². The minimum atomic E-state index is -0.571. The summed E-state index contributed by atoms with van der Waals surface area (Å²) in [4.78, 5) is 46.6. The first-order chi connectivity index (χ1) is 15.3. The predicted octanol–water partition coefficient (Wildman–Crippen LogP) is 1.34. The van der Waals surface area contributed by atoms with Gasteiger partial charge in [-0.1, -0.05) is 6.07 Å². The van der Waals surface area contributed by atoms with E-state index in [1.54, 1.807) is 21.8 Å². The fraction of sp³-hybridized carbons (Fsp3) is 0.333. The molecule has 0 unspecified atom stereocenters. The molecule has 164 valence electrons. The average molecular weight is 434 g/mol. The number of rotatable bonds is 3. The number of carbonyl (C=O) groups excluding carboxylic acids is 3. The number of hydrogen-bond acceptors (Lipinski definition) is 8. The van der Waals surface area contributed by atoms with E-state index < -0.39 is 5.41 Å². The molecule has 0 aliphatic carbocycles. The summed E-state index contributed by atoms with van der Waals surface area (Å²) in [5.41, 5.74) is 2.36. The van der Waals surface area contributed by atoms with Crippen molar-refractivity contribution in [3.8, 4) is 0 Å². The van der Waals surface area contributed by atoms with Gasteiger partial charge in [-0.2, -0.15) is 4.98 Å². The highest BCUT2D eigenvalue weighted by molar-refractivity contribution is 6.06. The summed E-state index contributed by atoms with van der Waals surface area (Å²) < 4.78 is 1.59. The lowest BCUT2D eigenvalue weighted by Gasteiger charge is -2.24. The molecule has 3 N–H and O–H groups in total. The summed E-state index contributed by atoms with van der Waals surface area (Å²) >= 11 is 0. The third-order valence-corrected chi connectivity index (χ3v) is 5.75. The van der Waals surface area contributed by atoms with Crippen LogP contribution in [0.3, 0.4) is 0 Å². The van der Waals surface area contributed by atoms with Gasteiger partial charge in [-0.15, -0.1) is 5.10 Å². The molecule has 3 aromatic rings. The average Bonchev–Trinajstić information content (AvgIpc) is 3.23. The summed E-state index contributed by atoms with van der Waals surface area (Å²) in [5, 5.41) is 12.9. The normalized spacial score (nSPS) is 18.1. The molecule has 2 aliphatic rings. The van der Waals surface area contributed by atoms with E-state index in [1.807, 2.05) is 32.0 Å². The Morgan fingerprint density at radius 2 is 1.97 bits per heavy atom. The summed E-state index contributed by atoms with van der Waals surface area (Å²) in [6.45, 7) is 4.29. The van der Waals surface area contributed by atoms with E-state index in [1.165, 1.54) is 0 Å². The zero-order valence-corrected chi connectivity index (χ0v) is 17.7. The first-order valence-electron chi connectivity index (χ1n) is 10.3. The van der Waals surface area contributed by atoms with Crippen molar-refractivity contribution >= 4 is 46.5 Å². The van der Waals surface area contributed by atoms with Gasteiger partial charge in [0.15, 0.2) is 11.5 Å². The molecule has 5 rings (SSSR count). The van der Waals surface area contributed by atoms with E-state index in [9.17, 15) is 14.4 Å². The minimum Gasteiger partial charge on any atom is -0.344 e. The van der Waals surface area contributed by atoms with E-state index in [4.69, 9.17) is 0 Å². The van der Waals surface area contributed by atoms with Crippen LogP contribution in [0.2, 0.25) is 0 Å². The number of hydrogen-bond donors (Lipinski definition) is 3. The molecule has 0 saturated carbocycles. The number of imide groups is 1. The molecule has 4 heterocycles. The molecule has 0 radical (unpaired) electrons. The van der Waals surface area contributed by atoms with Gasteiger partial charge in [0, 0.05) is 36.7 Å². The zero-order valence-electron chi connectivity index (χ0n) is 17.7. The number of aromatic nitrogens is 4. The molecular formula is C21H22N8O3. The first-order valence-corrected chi connectivity index (χ1v) is 10.3. The highest BCUT2D eigenvalue weighted by atomic mass is 16.2. The Kier molecular flexibility index (Phi) is 4.54. The van der Waals surface area contributed by atoms with Gasteiger partial charge in [0.2, 0.25) is 23.7 Å². The highest BCUT2D eigenvalue weighted by Gasteiger charge is 2.38. The van der Waals surface area contributed by atoms with Crippen LogP contribution < -0.4 is 20.9 Å². The van der Waals surface area contributed by atoms with Crippen LogP contribution in [-0.2, 0) is 19.8 Å². The smallest absolute Gasteiger partial charge is 0.247 e. The number of carbonyl (C=O) groups is 3. The molecule has 1 aromatic carbocycles. The lowest BCUT2D eigenvalue weighted by Crippen LogP contribution is -2.43. The lowest BCUT2D eigenvalue weighted by molar-refractivity contribution is -0.130. The second-order valence-electron chi connectivity index (χ2n) is 8.42. The Balaban J connectivity index is 1.43. The maximum Gasteiger partial charge on any atom is 0.247 e. The van der Waals surface area contributed by atoms with Crippen LogP contribution in [0.5, 0.6) is 0 Å². The van der Waals surface area contributed by atoms with E-state index in [2.05, 4.69) is 31.0 Å². The topological polar surface area (TPSA) is 134 Å². The zero-order chi connectivity index (χ0) is 22.5. The number of amides is 3. The number of nitrogens with zero attached hydrogens (tertiary/aromatic N) is 5. The minimum absolute atomic E-state index is 0.00827. The largest absolute Gasteiger partial charge is 0.344 e. The number of anilines is 4. The van der Waals surface area contributed by atoms with E-state index in [0.717, 1.165) is 16.9 Å². The van der Waals surface area contributed by atoms with Gasteiger partial charge in [0.1, 0.15) is 0 Å². The van der Waals surface area contributed by atoms with E-state index in [0.29, 0.717) is 30.4 Å². The molecule has 11 heteroatoms. The van der Waals surface area contributed by atoms with E-state index >= 15 is 0 Å². The van der Waals surface area contributed by atoms with Crippen molar-refractivity contribution in [3.05, 3.63) is 36.2 Å². The van der Waals surface area contributed by atoms with Crippen molar-refractivity contribution < 1.29 is 14.4 Å². The van der Waals surface area contributed by atoms with Crippen molar-refractivity contribution in [2.45, 2.75) is 32.1 Å². The Bertz CT molecular complexity index is 1270. The Morgan fingerprint density at radius 1 is 1.12 bits per heavy atom. The standard InChI is InChI=1S/C21H22N8O3/c1-21(2)13-6-5-12(10-14(13)24-19(21)32)23-20-26-18-17(22-7-9-29(18)27-20)28-8-3-4-15(30)25-16(31)11-28/h5-7,9-10H,3-4,8,11H2,1-2H3,(H,23,27)(H,24,32)(H,25,30,31). The summed E-state index contributed by atoms with van der Waals surface area (Å²) in [6, 6.07) is 5.65. The molecule has 1 saturated heterocycles. The van der Waals surface area contributed by atoms with Crippen molar-refractivity contribution in [2.24, 2.45) is 0 Å². The number of benzene rings is 1. The van der Waals surface area contributed by atoms with Gasteiger partial charge < -0.3 is 15.5 Å².